The van der Waals surface area contributed by atoms with Gasteiger partial charge < -0.3 is 10.6 Å². The van der Waals surface area contributed by atoms with Crippen LogP contribution in [-0.2, 0) is 11.3 Å². The molecule has 4 heteroatoms. The van der Waals surface area contributed by atoms with E-state index in [0.717, 1.165) is 25.1 Å². The number of nitrogen functional groups attached to an aromatic ring is 1. The van der Waals surface area contributed by atoms with Crippen LogP contribution in [0.1, 0.15) is 25.0 Å². The molecule has 1 aromatic rings. The molecule has 1 saturated heterocycles. The zero-order valence-corrected chi connectivity index (χ0v) is 8.65. The molecule has 4 nitrogen and oxygen atoms in total. The van der Waals surface area contributed by atoms with Gasteiger partial charge in [-0.2, -0.15) is 0 Å². The highest BCUT2D eigenvalue weighted by atomic mass is 16.2. The first-order valence-electron chi connectivity index (χ1n) is 5.24. The minimum atomic E-state index is 0.236. The largest absolute Gasteiger partial charge is 0.397 e. The maximum absolute atomic E-state index is 11.5. The molecule has 2 N–H and O–H groups in total. The second-order valence-corrected chi connectivity index (χ2v) is 3.86. The van der Waals surface area contributed by atoms with Gasteiger partial charge in [0.25, 0.3) is 0 Å². The van der Waals surface area contributed by atoms with Crippen LogP contribution in [0.25, 0.3) is 0 Å². The number of piperidine rings is 1. The number of anilines is 1. The smallest absolute Gasteiger partial charge is 0.222 e. The number of hydrogen-bond donors (Lipinski definition) is 1. The van der Waals surface area contributed by atoms with E-state index in [1.54, 1.807) is 6.20 Å². The number of pyridine rings is 1. The van der Waals surface area contributed by atoms with Crippen molar-refractivity contribution >= 4 is 11.6 Å². The number of nitrogens with two attached hydrogens (primary N) is 1. The SMILES string of the molecule is Nc1ccc(CN2CCCCC2=O)nc1. The number of likely N-dealkylation sites (tertiary alicyclic amines) is 1. The molecule has 0 saturated carbocycles. The number of rotatable bonds is 2. The maximum Gasteiger partial charge on any atom is 0.222 e. The first-order chi connectivity index (χ1) is 7.25. The summed E-state index contributed by atoms with van der Waals surface area (Å²) < 4.78 is 0. The normalized spacial score (nSPS) is 16.8. The molecule has 2 heterocycles. The van der Waals surface area contributed by atoms with Crippen LogP contribution in [0.5, 0.6) is 0 Å². The molecule has 1 aliphatic rings. The van der Waals surface area contributed by atoms with Gasteiger partial charge in [0, 0.05) is 13.0 Å². The van der Waals surface area contributed by atoms with Crippen molar-refractivity contribution in [2.24, 2.45) is 0 Å². The lowest BCUT2D eigenvalue weighted by Crippen LogP contribution is -2.34. The zero-order chi connectivity index (χ0) is 10.7. The fourth-order valence-electron chi connectivity index (χ4n) is 1.75. The summed E-state index contributed by atoms with van der Waals surface area (Å²) in [7, 11) is 0. The predicted octanol–water partition coefficient (Wildman–Crippen LogP) is 1.18. The highest BCUT2D eigenvalue weighted by Crippen LogP contribution is 2.13. The van der Waals surface area contributed by atoms with Crippen LogP contribution in [0.4, 0.5) is 5.69 Å². The maximum atomic E-state index is 11.5. The summed E-state index contributed by atoms with van der Waals surface area (Å²) in [5.74, 6) is 0.236. The predicted molar refractivity (Wildman–Crippen MR) is 57.9 cm³/mol. The van der Waals surface area contributed by atoms with E-state index in [9.17, 15) is 4.79 Å². The Morgan fingerprint density at radius 1 is 1.40 bits per heavy atom. The molecule has 80 valence electrons. The van der Waals surface area contributed by atoms with Gasteiger partial charge in [-0.05, 0) is 25.0 Å². The summed E-state index contributed by atoms with van der Waals surface area (Å²) >= 11 is 0. The number of carbonyl (C=O) groups excluding carboxylic acids is 1. The van der Waals surface area contributed by atoms with E-state index in [2.05, 4.69) is 4.98 Å². The lowest BCUT2D eigenvalue weighted by Gasteiger charge is -2.26. The molecule has 0 radical (unpaired) electrons. The number of amides is 1. The summed E-state index contributed by atoms with van der Waals surface area (Å²) in [5.41, 5.74) is 7.10. The average Bonchev–Trinajstić information content (AvgIpc) is 2.25. The van der Waals surface area contributed by atoms with Crippen molar-refractivity contribution in [2.75, 3.05) is 12.3 Å². The van der Waals surface area contributed by atoms with Gasteiger partial charge in [-0.25, -0.2) is 0 Å². The number of aromatic nitrogens is 1. The van der Waals surface area contributed by atoms with Crippen molar-refractivity contribution in [3.63, 3.8) is 0 Å². The molecule has 15 heavy (non-hydrogen) atoms. The summed E-state index contributed by atoms with van der Waals surface area (Å²) in [4.78, 5) is 17.6. The minimum Gasteiger partial charge on any atom is -0.397 e. The number of carbonyl (C=O) groups is 1. The molecule has 0 aliphatic carbocycles. The molecule has 1 amide bonds. The van der Waals surface area contributed by atoms with E-state index in [-0.39, 0.29) is 5.91 Å². The summed E-state index contributed by atoms with van der Waals surface area (Å²) in [6, 6.07) is 3.69. The van der Waals surface area contributed by atoms with Crippen LogP contribution in [-0.4, -0.2) is 22.3 Å². The number of hydrogen-bond acceptors (Lipinski definition) is 3. The fourth-order valence-corrected chi connectivity index (χ4v) is 1.75. The molecule has 1 fully saturated rings. The van der Waals surface area contributed by atoms with Crippen LogP contribution in [0, 0.1) is 0 Å². The fraction of sp³-hybridized carbons (Fsp3) is 0.455. The summed E-state index contributed by atoms with van der Waals surface area (Å²) in [6.07, 6.45) is 4.42. The van der Waals surface area contributed by atoms with Gasteiger partial charge in [0.05, 0.1) is 24.1 Å². The van der Waals surface area contributed by atoms with Gasteiger partial charge >= 0.3 is 0 Å². The lowest BCUT2D eigenvalue weighted by molar-refractivity contribution is -0.133. The van der Waals surface area contributed by atoms with E-state index in [4.69, 9.17) is 5.73 Å². The van der Waals surface area contributed by atoms with Gasteiger partial charge in [0.15, 0.2) is 0 Å². The molecule has 0 atom stereocenters. The zero-order valence-electron chi connectivity index (χ0n) is 8.65. The van der Waals surface area contributed by atoms with Crippen molar-refractivity contribution in [2.45, 2.75) is 25.8 Å². The molecule has 0 bridgehead atoms. The molecule has 0 spiro atoms. The first kappa shape index (κ1) is 9.96. The Morgan fingerprint density at radius 3 is 2.93 bits per heavy atom. The van der Waals surface area contributed by atoms with E-state index in [1.165, 1.54) is 0 Å². The van der Waals surface area contributed by atoms with Crippen LogP contribution in [0.2, 0.25) is 0 Å². The monoisotopic (exact) mass is 205 g/mol. The first-order valence-corrected chi connectivity index (χ1v) is 5.24. The van der Waals surface area contributed by atoms with Gasteiger partial charge in [-0.1, -0.05) is 0 Å². The van der Waals surface area contributed by atoms with Crippen LogP contribution < -0.4 is 5.73 Å². The second-order valence-electron chi connectivity index (χ2n) is 3.86. The summed E-state index contributed by atoms with van der Waals surface area (Å²) in [5, 5.41) is 0. The van der Waals surface area contributed by atoms with Gasteiger partial charge in [0.1, 0.15) is 0 Å². The molecule has 0 aromatic carbocycles. The minimum absolute atomic E-state index is 0.236. The van der Waals surface area contributed by atoms with E-state index in [1.807, 2.05) is 17.0 Å². The topological polar surface area (TPSA) is 59.2 Å². The Hall–Kier alpha value is -1.58. The third-order valence-electron chi connectivity index (χ3n) is 2.62. The van der Waals surface area contributed by atoms with E-state index in [0.29, 0.717) is 18.7 Å². The highest BCUT2D eigenvalue weighted by molar-refractivity contribution is 5.76. The van der Waals surface area contributed by atoms with Crippen molar-refractivity contribution in [1.82, 2.24) is 9.88 Å². The summed E-state index contributed by atoms with van der Waals surface area (Å²) in [6.45, 7) is 1.46. The molecule has 0 unspecified atom stereocenters. The molecule has 2 rings (SSSR count). The highest BCUT2D eigenvalue weighted by Gasteiger charge is 2.18. The van der Waals surface area contributed by atoms with Gasteiger partial charge in [-0.15, -0.1) is 0 Å². The Morgan fingerprint density at radius 2 is 2.27 bits per heavy atom. The third-order valence-corrected chi connectivity index (χ3v) is 2.62. The van der Waals surface area contributed by atoms with Crippen molar-refractivity contribution < 1.29 is 4.79 Å². The van der Waals surface area contributed by atoms with Gasteiger partial charge in [0.2, 0.25) is 5.91 Å². The third kappa shape index (κ3) is 2.46. The molecule has 1 aromatic heterocycles. The molecular weight excluding hydrogens is 190 g/mol. The van der Waals surface area contributed by atoms with Crippen molar-refractivity contribution in [1.29, 1.82) is 0 Å². The van der Waals surface area contributed by atoms with Crippen molar-refractivity contribution in [3.8, 4) is 0 Å². The Balaban J connectivity index is 2.01. The van der Waals surface area contributed by atoms with E-state index >= 15 is 0 Å². The lowest BCUT2D eigenvalue weighted by atomic mass is 10.1. The number of nitrogens with zero attached hydrogens (tertiary/aromatic N) is 2. The average molecular weight is 205 g/mol. The Kier molecular flexibility index (Phi) is 2.85. The Bertz CT molecular complexity index is 347. The van der Waals surface area contributed by atoms with E-state index < -0.39 is 0 Å². The Labute approximate surface area is 89.1 Å². The van der Waals surface area contributed by atoms with Crippen LogP contribution >= 0.6 is 0 Å². The van der Waals surface area contributed by atoms with Crippen LogP contribution in [0.15, 0.2) is 18.3 Å². The molecular formula is C11H15N3O. The standard InChI is InChI=1S/C11H15N3O/c12-9-4-5-10(13-7-9)8-14-6-2-1-3-11(14)15/h4-5,7H,1-3,6,8,12H2. The van der Waals surface area contributed by atoms with Crippen LogP contribution in [0.3, 0.4) is 0 Å². The van der Waals surface area contributed by atoms with Crippen molar-refractivity contribution in [3.05, 3.63) is 24.0 Å². The second kappa shape index (κ2) is 4.29. The van der Waals surface area contributed by atoms with Gasteiger partial charge in [-0.3, -0.25) is 9.78 Å². The molecule has 1 aliphatic heterocycles. The quantitative estimate of drug-likeness (QED) is 0.788.